The number of nitrogens with zero attached hydrogens (tertiary/aromatic N) is 2. The molecule has 26 heavy (non-hydrogen) atoms. The molecule has 0 bridgehead atoms. The van der Waals surface area contributed by atoms with Crippen LogP contribution in [0.15, 0.2) is 47.5 Å². The topological polar surface area (TPSA) is 57.1 Å². The molecular weight excluding hydrogens is 340 g/mol. The molecule has 2 aromatic carbocycles. The third-order valence-electron chi connectivity index (χ3n) is 3.81. The van der Waals surface area contributed by atoms with Crippen molar-refractivity contribution in [2.45, 2.75) is 13.2 Å². The average Bonchev–Trinajstić information content (AvgIpc) is 2.65. The Kier molecular flexibility index (Phi) is 7.35. The maximum Gasteiger partial charge on any atom is 0.193 e. The number of hydrogen-bond donors (Lipinski definition) is 2. The molecule has 0 saturated heterocycles. The first-order valence-corrected chi connectivity index (χ1v) is 8.21. The van der Waals surface area contributed by atoms with Gasteiger partial charge in [-0.25, -0.2) is 8.78 Å². The number of benzene rings is 2. The second kappa shape index (κ2) is 9.72. The molecule has 7 heteroatoms. The molecule has 0 saturated carbocycles. The monoisotopic (exact) mass is 363 g/mol. The Morgan fingerprint density at radius 1 is 1.19 bits per heavy atom. The van der Waals surface area contributed by atoms with Gasteiger partial charge in [-0.05, 0) is 42.0 Å². The minimum absolute atomic E-state index is 0.264. The maximum absolute atomic E-state index is 13.4. The number of rotatable bonds is 7. The highest BCUT2D eigenvalue weighted by Crippen LogP contribution is 2.11. The van der Waals surface area contributed by atoms with Crippen molar-refractivity contribution in [3.63, 3.8) is 0 Å². The number of aliphatic hydroxyl groups is 1. The fourth-order valence-electron chi connectivity index (χ4n) is 2.36. The zero-order valence-electron chi connectivity index (χ0n) is 14.9. The molecule has 0 aromatic heterocycles. The number of ether oxygens (including phenoxy) is 1. The fourth-order valence-corrected chi connectivity index (χ4v) is 2.36. The number of guanidine groups is 1. The summed E-state index contributed by atoms with van der Waals surface area (Å²) >= 11 is 0. The van der Waals surface area contributed by atoms with Crippen molar-refractivity contribution in [3.8, 4) is 5.75 Å². The van der Waals surface area contributed by atoms with E-state index >= 15 is 0 Å². The van der Waals surface area contributed by atoms with Crippen LogP contribution < -0.4 is 10.1 Å². The lowest BCUT2D eigenvalue weighted by molar-refractivity contribution is 0.275. The highest BCUT2D eigenvalue weighted by atomic mass is 19.1. The SMILES string of the molecule is CN=C(NCc1ccc(F)c(CO)c1)N(C)CCOc1ccc(F)cc1. The third-order valence-corrected chi connectivity index (χ3v) is 3.81. The number of nitrogens with one attached hydrogen (secondary N) is 1. The number of aliphatic hydroxyl groups excluding tert-OH is 1. The molecule has 0 spiro atoms. The minimum atomic E-state index is -0.421. The zero-order valence-corrected chi connectivity index (χ0v) is 14.9. The molecule has 5 nitrogen and oxygen atoms in total. The molecule has 0 radical (unpaired) electrons. The van der Waals surface area contributed by atoms with Crippen LogP contribution in [0.25, 0.3) is 0 Å². The van der Waals surface area contributed by atoms with Crippen molar-refractivity contribution in [1.82, 2.24) is 10.2 Å². The molecule has 0 amide bonds. The van der Waals surface area contributed by atoms with Crippen LogP contribution in [-0.4, -0.2) is 43.2 Å². The van der Waals surface area contributed by atoms with Gasteiger partial charge in [-0.15, -0.1) is 0 Å². The van der Waals surface area contributed by atoms with Gasteiger partial charge in [0.25, 0.3) is 0 Å². The first-order valence-electron chi connectivity index (χ1n) is 8.21. The summed E-state index contributed by atoms with van der Waals surface area (Å²) in [5.41, 5.74) is 1.10. The van der Waals surface area contributed by atoms with Gasteiger partial charge in [0.1, 0.15) is 24.0 Å². The number of likely N-dealkylation sites (N-methyl/N-ethyl adjacent to an activating group) is 1. The Hall–Kier alpha value is -2.67. The molecule has 0 atom stereocenters. The van der Waals surface area contributed by atoms with Crippen molar-refractivity contribution in [3.05, 3.63) is 65.2 Å². The van der Waals surface area contributed by atoms with E-state index in [-0.39, 0.29) is 18.0 Å². The zero-order chi connectivity index (χ0) is 18.9. The van der Waals surface area contributed by atoms with Crippen LogP contribution in [0.2, 0.25) is 0 Å². The summed E-state index contributed by atoms with van der Waals surface area (Å²) in [6.07, 6.45) is 0. The Morgan fingerprint density at radius 3 is 2.58 bits per heavy atom. The van der Waals surface area contributed by atoms with E-state index in [9.17, 15) is 8.78 Å². The predicted octanol–water partition coefficient (Wildman–Crippen LogP) is 2.54. The molecule has 0 unspecified atom stereocenters. The van der Waals surface area contributed by atoms with Gasteiger partial charge in [0.2, 0.25) is 0 Å². The summed E-state index contributed by atoms with van der Waals surface area (Å²) < 4.78 is 31.9. The lowest BCUT2D eigenvalue weighted by Crippen LogP contribution is -2.40. The quantitative estimate of drug-likeness (QED) is 0.586. The fraction of sp³-hybridized carbons (Fsp3) is 0.316. The second-order valence-corrected chi connectivity index (χ2v) is 5.71. The summed E-state index contributed by atoms with van der Waals surface area (Å²) in [4.78, 5) is 6.09. The lowest BCUT2D eigenvalue weighted by atomic mass is 10.1. The van der Waals surface area contributed by atoms with Crippen LogP contribution >= 0.6 is 0 Å². The van der Waals surface area contributed by atoms with E-state index in [1.807, 2.05) is 11.9 Å². The summed E-state index contributed by atoms with van der Waals surface area (Å²) in [6, 6.07) is 10.5. The number of hydrogen-bond acceptors (Lipinski definition) is 3. The van der Waals surface area contributed by atoms with Gasteiger partial charge in [-0.1, -0.05) is 6.07 Å². The van der Waals surface area contributed by atoms with Crippen molar-refractivity contribution < 1.29 is 18.6 Å². The Labute approximate surface area is 151 Å². The van der Waals surface area contributed by atoms with Gasteiger partial charge in [0.15, 0.2) is 5.96 Å². The van der Waals surface area contributed by atoms with Gasteiger partial charge in [-0.2, -0.15) is 0 Å². The first kappa shape index (κ1) is 19.7. The van der Waals surface area contributed by atoms with Gasteiger partial charge in [0, 0.05) is 26.2 Å². The summed E-state index contributed by atoms with van der Waals surface area (Å²) in [7, 11) is 3.54. The molecule has 0 aliphatic rings. The third kappa shape index (κ3) is 5.70. The van der Waals surface area contributed by atoms with Crippen LogP contribution in [0.4, 0.5) is 8.78 Å². The van der Waals surface area contributed by atoms with E-state index in [0.29, 0.717) is 31.4 Å². The Balaban J connectivity index is 1.82. The van der Waals surface area contributed by atoms with E-state index in [0.717, 1.165) is 5.56 Å². The highest BCUT2D eigenvalue weighted by molar-refractivity contribution is 5.79. The van der Waals surface area contributed by atoms with Crippen molar-refractivity contribution >= 4 is 5.96 Å². The van der Waals surface area contributed by atoms with E-state index < -0.39 is 5.82 Å². The smallest absolute Gasteiger partial charge is 0.193 e. The molecule has 2 rings (SSSR count). The second-order valence-electron chi connectivity index (χ2n) is 5.71. The summed E-state index contributed by atoms with van der Waals surface area (Å²) in [6.45, 7) is 1.09. The van der Waals surface area contributed by atoms with E-state index in [4.69, 9.17) is 9.84 Å². The molecule has 0 fully saturated rings. The standard InChI is InChI=1S/C19H23F2N3O2/c1-22-19(23-12-14-3-8-18(21)15(11-14)13-25)24(2)9-10-26-17-6-4-16(20)5-7-17/h3-8,11,25H,9-10,12-13H2,1-2H3,(H,22,23). The van der Waals surface area contributed by atoms with Crippen LogP contribution in [0, 0.1) is 11.6 Å². The van der Waals surface area contributed by atoms with Gasteiger partial charge >= 0.3 is 0 Å². The predicted molar refractivity (Wildman–Crippen MR) is 97.0 cm³/mol. The normalized spacial score (nSPS) is 11.3. The Bertz CT molecular complexity index is 736. The van der Waals surface area contributed by atoms with Crippen molar-refractivity contribution in [2.75, 3.05) is 27.2 Å². The van der Waals surface area contributed by atoms with Crippen molar-refractivity contribution in [2.24, 2.45) is 4.99 Å². The van der Waals surface area contributed by atoms with Gasteiger partial charge < -0.3 is 20.1 Å². The van der Waals surface area contributed by atoms with Crippen LogP contribution in [-0.2, 0) is 13.2 Å². The number of halogens is 2. The number of aliphatic imine (C=N–C) groups is 1. The molecule has 2 aromatic rings. The molecule has 140 valence electrons. The summed E-state index contributed by atoms with van der Waals surface area (Å²) in [5, 5.41) is 12.3. The molecular formula is C19H23F2N3O2. The van der Waals surface area contributed by atoms with Crippen LogP contribution in [0.5, 0.6) is 5.75 Å². The average molecular weight is 363 g/mol. The minimum Gasteiger partial charge on any atom is -0.492 e. The summed E-state index contributed by atoms with van der Waals surface area (Å²) in [5.74, 6) is 0.535. The molecule has 0 aliphatic carbocycles. The molecule has 2 N–H and O–H groups in total. The molecule has 0 aliphatic heterocycles. The lowest BCUT2D eigenvalue weighted by Gasteiger charge is -2.22. The maximum atomic E-state index is 13.4. The van der Waals surface area contributed by atoms with Crippen molar-refractivity contribution in [1.29, 1.82) is 0 Å². The van der Waals surface area contributed by atoms with Gasteiger partial charge in [0.05, 0.1) is 13.2 Å². The van der Waals surface area contributed by atoms with Crippen LogP contribution in [0.3, 0.4) is 0 Å². The van der Waals surface area contributed by atoms with Gasteiger partial charge in [-0.3, -0.25) is 4.99 Å². The van der Waals surface area contributed by atoms with E-state index in [2.05, 4.69) is 10.3 Å². The first-order chi connectivity index (χ1) is 12.5. The highest BCUT2D eigenvalue weighted by Gasteiger charge is 2.07. The Morgan fingerprint density at radius 2 is 1.92 bits per heavy atom. The largest absolute Gasteiger partial charge is 0.492 e. The van der Waals surface area contributed by atoms with Crippen LogP contribution in [0.1, 0.15) is 11.1 Å². The molecule has 0 heterocycles. The van der Waals surface area contributed by atoms with E-state index in [1.165, 1.54) is 18.2 Å². The van der Waals surface area contributed by atoms with E-state index in [1.54, 1.807) is 31.3 Å².